The van der Waals surface area contributed by atoms with Crippen LogP contribution in [0.3, 0.4) is 0 Å². The maximum absolute atomic E-state index is 14.0. The Morgan fingerprint density at radius 3 is 2.05 bits per heavy atom. The van der Waals surface area contributed by atoms with Gasteiger partial charge in [-0.05, 0) is 44.4 Å². The van der Waals surface area contributed by atoms with Crippen molar-refractivity contribution in [3.05, 3.63) is 25.3 Å². The minimum absolute atomic E-state index is 0.0758. The number of fused-ring (bicyclic) bond motifs is 1. The number of piperidine rings is 1. The molecule has 1 aliphatic heterocycles. The molecule has 10 heteroatoms. The third kappa shape index (κ3) is 6.20. The van der Waals surface area contributed by atoms with Crippen LogP contribution >= 0.6 is 0 Å². The van der Waals surface area contributed by atoms with E-state index in [4.69, 9.17) is 5.73 Å². The van der Waals surface area contributed by atoms with E-state index < -0.39 is 64.0 Å². The zero-order valence-electron chi connectivity index (χ0n) is 24.1. The Morgan fingerprint density at radius 1 is 1.03 bits per heavy atom. The van der Waals surface area contributed by atoms with Crippen molar-refractivity contribution in [2.24, 2.45) is 34.3 Å². The first-order valence-electron chi connectivity index (χ1n) is 13.8. The molecule has 39 heavy (non-hydrogen) atoms. The Labute approximate surface area is 231 Å². The molecule has 5 amide bonds. The van der Waals surface area contributed by atoms with Crippen LogP contribution in [0.25, 0.3) is 0 Å². The summed E-state index contributed by atoms with van der Waals surface area (Å²) in [5.41, 5.74) is 3.60. The minimum atomic E-state index is -1.10. The molecule has 2 aliphatic carbocycles. The van der Waals surface area contributed by atoms with Crippen molar-refractivity contribution in [1.29, 1.82) is 0 Å². The lowest BCUT2D eigenvalue weighted by atomic mass is 9.80. The van der Waals surface area contributed by atoms with Crippen molar-refractivity contribution < 1.29 is 24.0 Å². The van der Waals surface area contributed by atoms with E-state index in [0.717, 1.165) is 19.3 Å². The van der Waals surface area contributed by atoms with Crippen molar-refractivity contribution in [3.8, 4) is 0 Å². The first-order valence-corrected chi connectivity index (χ1v) is 13.8. The highest BCUT2D eigenvalue weighted by Crippen LogP contribution is 2.67. The Bertz CT molecular complexity index is 1040. The minimum Gasteiger partial charge on any atom is -0.363 e. The van der Waals surface area contributed by atoms with Gasteiger partial charge in [0.25, 0.3) is 5.91 Å². The summed E-state index contributed by atoms with van der Waals surface area (Å²) < 4.78 is 0. The van der Waals surface area contributed by atoms with Gasteiger partial charge in [0.15, 0.2) is 0 Å². The van der Waals surface area contributed by atoms with E-state index in [-0.39, 0.29) is 24.3 Å². The molecular weight excluding hydrogens is 498 g/mol. The van der Waals surface area contributed by atoms with Crippen LogP contribution in [0.15, 0.2) is 25.3 Å². The van der Waals surface area contributed by atoms with Crippen molar-refractivity contribution in [1.82, 2.24) is 20.9 Å². The number of amides is 5. The number of Topliss-reactive ketones (excluding diaryl/α,β-unsaturated/α-hetero) is 1. The Balaban J connectivity index is 1.90. The van der Waals surface area contributed by atoms with Gasteiger partial charge in [0, 0.05) is 23.4 Å². The maximum Gasteiger partial charge on any atom is 0.315 e. The summed E-state index contributed by atoms with van der Waals surface area (Å²) in [5.74, 6) is -2.99. The number of likely N-dealkylation sites (tertiary alicyclic amines) is 1. The number of allylic oxidation sites excluding steroid dienone is 2. The monoisotopic (exact) mass is 543 g/mol. The number of rotatable bonds is 10. The summed E-state index contributed by atoms with van der Waals surface area (Å²) in [6.07, 6.45) is 6.72. The highest BCUT2D eigenvalue weighted by Gasteiger charge is 2.72. The molecule has 216 valence electrons. The molecule has 0 aromatic carbocycles. The second kappa shape index (κ2) is 10.8. The van der Waals surface area contributed by atoms with Crippen LogP contribution in [-0.2, 0) is 19.2 Å². The molecular formula is C29H45N5O5. The van der Waals surface area contributed by atoms with E-state index in [2.05, 4.69) is 29.1 Å². The second-order valence-electron chi connectivity index (χ2n) is 13.4. The molecule has 3 rings (SSSR count). The lowest BCUT2D eigenvalue weighted by Crippen LogP contribution is -2.62. The van der Waals surface area contributed by atoms with Crippen LogP contribution < -0.4 is 21.7 Å². The molecule has 1 saturated heterocycles. The molecule has 3 aliphatic rings. The Kier molecular flexibility index (Phi) is 8.39. The van der Waals surface area contributed by atoms with Gasteiger partial charge in [-0.2, -0.15) is 0 Å². The van der Waals surface area contributed by atoms with Gasteiger partial charge in [0.1, 0.15) is 12.1 Å². The molecule has 5 N–H and O–H groups in total. The topological polar surface area (TPSA) is 151 Å². The summed E-state index contributed by atoms with van der Waals surface area (Å²) in [5, 5.41) is 8.40. The molecule has 3 fully saturated rings. The molecule has 0 spiro atoms. The molecule has 0 bridgehead atoms. The number of hydrogen-bond acceptors (Lipinski definition) is 5. The molecule has 2 saturated carbocycles. The molecule has 0 aromatic rings. The fourth-order valence-corrected chi connectivity index (χ4v) is 6.05. The predicted molar refractivity (Wildman–Crippen MR) is 148 cm³/mol. The molecule has 0 aromatic heterocycles. The van der Waals surface area contributed by atoms with Gasteiger partial charge < -0.3 is 26.6 Å². The average molecular weight is 544 g/mol. The molecule has 1 unspecified atom stereocenters. The van der Waals surface area contributed by atoms with E-state index in [0.29, 0.717) is 6.42 Å². The number of hydrogen-bond donors (Lipinski definition) is 4. The SMILES string of the molecule is C=CC1(C=C)[C@@H]2[C@@H](C(=O)NC(CC3CCC3)C(=O)C(N)=O)N(C(=O)[C@@H](NC(=O)NC(C)(C)C)C(C)(C)C)C[C@@H]21. The van der Waals surface area contributed by atoms with Gasteiger partial charge in [-0.3, -0.25) is 19.2 Å². The summed E-state index contributed by atoms with van der Waals surface area (Å²) in [4.78, 5) is 66.5. The van der Waals surface area contributed by atoms with Crippen LogP contribution in [0.2, 0.25) is 0 Å². The predicted octanol–water partition coefficient (Wildman–Crippen LogP) is 2.04. The second-order valence-corrected chi connectivity index (χ2v) is 13.4. The Hall–Kier alpha value is -3.17. The van der Waals surface area contributed by atoms with Crippen LogP contribution in [0.5, 0.6) is 0 Å². The third-order valence-corrected chi connectivity index (χ3v) is 8.42. The number of carbonyl (C=O) groups is 5. The largest absolute Gasteiger partial charge is 0.363 e. The normalized spacial score (nSPS) is 25.3. The number of nitrogens with one attached hydrogen (secondary N) is 3. The average Bonchev–Trinajstić information content (AvgIpc) is 3.21. The zero-order valence-corrected chi connectivity index (χ0v) is 24.1. The highest BCUT2D eigenvalue weighted by atomic mass is 16.2. The Morgan fingerprint density at radius 2 is 1.62 bits per heavy atom. The van der Waals surface area contributed by atoms with Gasteiger partial charge in [-0.1, -0.05) is 52.2 Å². The molecule has 1 heterocycles. The lowest BCUT2D eigenvalue weighted by molar-refractivity contribution is -0.145. The van der Waals surface area contributed by atoms with E-state index in [9.17, 15) is 24.0 Å². The fraction of sp³-hybridized carbons (Fsp3) is 0.690. The molecule has 5 atom stereocenters. The fourth-order valence-electron chi connectivity index (χ4n) is 6.05. The van der Waals surface area contributed by atoms with Crippen molar-refractivity contribution >= 4 is 29.5 Å². The number of ketones is 1. The van der Waals surface area contributed by atoms with Gasteiger partial charge >= 0.3 is 6.03 Å². The first-order chi connectivity index (χ1) is 18.0. The van der Waals surface area contributed by atoms with Crippen LogP contribution in [0, 0.1) is 28.6 Å². The van der Waals surface area contributed by atoms with E-state index >= 15 is 0 Å². The van der Waals surface area contributed by atoms with Gasteiger partial charge in [0.05, 0.1) is 6.04 Å². The van der Waals surface area contributed by atoms with E-state index in [1.807, 2.05) is 41.5 Å². The quantitative estimate of drug-likeness (QED) is 0.246. The van der Waals surface area contributed by atoms with E-state index in [1.165, 1.54) is 4.90 Å². The molecule has 10 nitrogen and oxygen atoms in total. The maximum atomic E-state index is 14.0. The van der Waals surface area contributed by atoms with Crippen LogP contribution in [-0.4, -0.2) is 64.6 Å². The highest BCUT2D eigenvalue weighted by molar-refractivity contribution is 6.37. The molecule has 0 radical (unpaired) electrons. The van der Waals surface area contributed by atoms with Crippen molar-refractivity contribution in [3.63, 3.8) is 0 Å². The number of nitrogens with two attached hydrogens (primary N) is 1. The van der Waals surface area contributed by atoms with E-state index in [1.54, 1.807) is 12.2 Å². The van der Waals surface area contributed by atoms with Crippen LogP contribution in [0.1, 0.15) is 67.2 Å². The van der Waals surface area contributed by atoms with Gasteiger partial charge in [-0.25, -0.2) is 4.79 Å². The summed E-state index contributed by atoms with van der Waals surface area (Å²) in [7, 11) is 0. The number of urea groups is 1. The standard InChI is InChI=1S/C29H45N5O5/c1-9-29(10-2)17-15-34(25(38)22(27(3,4)5)32-26(39)33-28(6,7)8)20(19(17)29)24(37)31-18(21(35)23(30)36)14-16-12-11-13-16/h9-10,16-20,22H,1-2,11-15H2,3-8H3,(H2,30,36)(H,31,37)(H2,32,33,39)/t17-,18?,19-,20-,22+/m0/s1. The summed E-state index contributed by atoms with van der Waals surface area (Å²) >= 11 is 0. The van der Waals surface area contributed by atoms with Crippen molar-refractivity contribution in [2.75, 3.05) is 6.54 Å². The number of primary amides is 1. The number of nitrogens with zero attached hydrogens (tertiary/aromatic N) is 1. The number of carbonyl (C=O) groups excluding carboxylic acids is 5. The van der Waals surface area contributed by atoms with Gasteiger partial charge in [0.2, 0.25) is 17.6 Å². The summed E-state index contributed by atoms with van der Waals surface area (Å²) in [6.45, 7) is 19.2. The zero-order chi connectivity index (χ0) is 29.5. The van der Waals surface area contributed by atoms with Crippen molar-refractivity contribution in [2.45, 2.75) is 90.9 Å². The summed E-state index contributed by atoms with van der Waals surface area (Å²) in [6, 6.07) is -3.39. The van der Waals surface area contributed by atoms with Crippen LogP contribution in [0.4, 0.5) is 4.79 Å². The van der Waals surface area contributed by atoms with Gasteiger partial charge in [-0.15, -0.1) is 13.2 Å². The smallest absolute Gasteiger partial charge is 0.315 e. The third-order valence-electron chi connectivity index (χ3n) is 8.42. The first kappa shape index (κ1) is 30.4. The lowest BCUT2D eigenvalue weighted by Gasteiger charge is -2.38.